The normalized spacial score (nSPS) is 44.2. The van der Waals surface area contributed by atoms with Crippen molar-refractivity contribution in [1.29, 1.82) is 0 Å². The highest BCUT2D eigenvalue weighted by molar-refractivity contribution is 7.47. The van der Waals surface area contributed by atoms with Crippen LogP contribution in [0.5, 0.6) is 0 Å². The molecule has 38 atom stereocenters. The molecule has 7 fully saturated rings. The third-order valence-corrected chi connectivity index (χ3v) is 20.1. The Morgan fingerprint density at radius 2 is 0.689 bits per heavy atom. The number of hydrogen-bond acceptors (Lipinski definition) is 41. The molecule has 1 saturated carbocycles. The number of rotatable bonds is 39. The maximum Gasteiger partial charge on any atom is 0.472 e. The minimum absolute atomic E-state index is 0.0276. The van der Waals surface area contributed by atoms with Crippen molar-refractivity contribution in [3.05, 3.63) is 24.3 Å². The molecule has 618 valence electrons. The van der Waals surface area contributed by atoms with Crippen molar-refractivity contribution in [2.75, 3.05) is 52.9 Å². The molecule has 0 radical (unpaired) electrons. The molecule has 7 aliphatic rings. The number of phosphoric ester groups is 1. The van der Waals surface area contributed by atoms with Gasteiger partial charge in [-0.1, -0.05) is 63.3 Å². The van der Waals surface area contributed by atoms with Crippen molar-refractivity contribution in [3.8, 4) is 0 Å². The molecule has 25 N–H and O–H groups in total. The Balaban J connectivity index is 0.951. The van der Waals surface area contributed by atoms with E-state index in [9.17, 15) is 137 Å². The molecule has 0 bridgehead atoms. The summed E-state index contributed by atoms with van der Waals surface area (Å²) in [4.78, 5) is 23.7. The van der Waals surface area contributed by atoms with Crippen LogP contribution in [0.3, 0.4) is 0 Å². The van der Waals surface area contributed by atoms with Gasteiger partial charge in [0, 0.05) is 6.42 Å². The van der Waals surface area contributed by atoms with E-state index in [1.165, 1.54) is 19.3 Å². The van der Waals surface area contributed by atoms with Gasteiger partial charge in [0.05, 0.1) is 46.2 Å². The number of aliphatic hydroxyl groups is 24. The van der Waals surface area contributed by atoms with Crippen LogP contribution in [0.2, 0.25) is 0 Å². The fraction of sp³-hybridized carbons (Fsp3) is 0.921. The van der Waals surface area contributed by atoms with E-state index in [-0.39, 0.29) is 6.42 Å². The van der Waals surface area contributed by atoms with E-state index in [0.717, 1.165) is 38.5 Å². The summed E-state index contributed by atoms with van der Waals surface area (Å²) in [7, 11) is -5.76. The molecule has 7 rings (SSSR count). The zero-order valence-corrected chi connectivity index (χ0v) is 58.8. The zero-order valence-electron chi connectivity index (χ0n) is 57.9. The van der Waals surface area contributed by atoms with Gasteiger partial charge in [-0.25, -0.2) is 4.57 Å². The zero-order chi connectivity index (χ0) is 78.0. The molecule has 0 amide bonds. The summed E-state index contributed by atoms with van der Waals surface area (Å²) in [5.41, 5.74) is 0. The first-order valence-electron chi connectivity index (χ1n) is 35.3. The largest absolute Gasteiger partial charge is 0.472 e. The topological polar surface area (TPSA) is 678 Å². The Labute approximate surface area is 607 Å². The van der Waals surface area contributed by atoms with Crippen LogP contribution in [0, 0.1) is 0 Å². The minimum Gasteiger partial charge on any atom is -0.463 e. The molecule has 0 aromatic carbocycles. The van der Waals surface area contributed by atoms with E-state index < -0.39 is 294 Å². The van der Waals surface area contributed by atoms with E-state index in [1.807, 2.05) is 0 Å². The third-order valence-electron chi connectivity index (χ3n) is 19.1. The second-order valence-electron chi connectivity index (χ2n) is 27.1. The average Bonchev–Trinajstić information content (AvgIpc) is 0.760. The highest BCUT2D eigenvalue weighted by atomic mass is 31.2. The lowest BCUT2D eigenvalue weighted by atomic mass is 9.84. The molecule has 43 heteroatoms. The molecule has 0 spiro atoms. The quantitative estimate of drug-likeness (QED) is 0.0118. The Kier molecular flexibility index (Phi) is 37.0. The summed E-state index contributed by atoms with van der Waals surface area (Å²) in [5, 5.41) is 258. The summed E-state index contributed by atoms with van der Waals surface area (Å²) < 4.78 is 96.2. The Bertz CT molecular complexity index is 2640. The lowest BCUT2D eigenvalue weighted by molar-refractivity contribution is -0.365. The molecule has 16 unspecified atom stereocenters. The highest BCUT2D eigenvalue weighted by Gasteiger charge is 2.59. The molecule has 1 aliphatic carbocycles. The van der Waals surface area contributed by atoms with Gasteiger partial charge < -0.3 is 189 Å². The van der Waals surface area contributed by atoms with Gasteiger partial charge in [0.15, 0.2) is 37.7 Å². The second kappa shape index (κ2) is 43.2. The van der Waals surface area contributed by atoms with Gasteiger partial charge in [0.1, 0.15) is 196 Å². The molecule has 0 aromatic heterocycles. The summed E-state index contributed by atoms with van der Waals surface area (Å²) in [5.74, 6) is -0.718. The predicted molar refractivity (Wildman–Crippen MR) is 343 cm³/mol. The number of aliphatic hydroxyl groups excluding tert-OH is 24. The Hall–Kier alpha value is -2.38. The van der Waals surface area contributed by atoms with E-state index in [1.54, 1.807) is 0 Å². The van der Waals surface area contributed by atoms with Crippen LogP contribution in [-0.2, 0) is 80.0 Å². The van der Waals surface area contributed by atoms with Gasteiger partial charge in [-0.05, 0) is 38.5 Å². The van der Waals surface area contributed by atoms with Gasteiger partial charge >= 0.3 is 13.8 Å². The molecule has 42 nitrogen and oxygen atoms in total. The fourth-order valence-corrected chi connectivity index (χ4v) is 13.5. The van der Waals surface area contributed by atoms with Gasteiger partial charge in [-0.3, -0.25) is 13.8 Å². The van der Waals surface area contributed by atoms with Crippen molar-refractivity contribution in [1.82, 2.24) is 0 Å². The van der Waals surface area contributed by atoms with Crippen LogP contribution in [-0.4, -0.2) is 413 Å². The van der Waals surface area contributed by atoms with E-state index in [4.69, 9.17) is 70.6 Å². The third kappa shape index (κ3) is 24.1. The number of phosphoric acid groups is 1. The van der Waals surface area contributed by atoms with E-state index in [2.05, 4.69) is 31.2 Å². The van der Waals surface area contributed by atoms with Crippen molar-refractivity contribution >= 4 is 13.8 Å². The summed E-state index contributed by atoms with van der Waals surface area (Å²) in [6, 6.07) is 0. The SMILES string of the molecule is CCCCC/C=C\C/C=C\CCCCCCCC(=O)OC[C@@H](O)COP(=O)(O)O[C@@H]1C(O[C@@H]2OC(CO[C@@H]3OC(CO[C@@H]4OC(CO[C@@H]5OC(CO[C@@H]6OC(CO)[C@H](O)C(O)[C@@H]6O)[C@H](O)C(O)[C@@H]5O)[C@H](O)C(O)[C@@H]4O)[C@H](O)C(O)[C@@H]3O)[C@H](O)C(O)[C@@H]2O)C(O)[C@@H](O)C(O)[C@H]1O[C@H]1OC(CO)[C@@H](O)C(O)[C@H]1O. The van der Waals surface area contributed by atoms with Gasteiger partial charge in [-0.15, -0.1) is 0 Å². The smallest absolute Gasteiger partial charge is 0.463 e. The maximum atomic E-state index is 13.9. The summed E-state index contributed by atoms with van der Waals surface area (Å²) >= 11 is 0. The molecule has 106 heavy (non-hydrogen) atoms. The van der Waals surface area contributed by atoms with Crippen LogP contribution < -0.4 is 0 Å². The van der Waals surface area contributed by atoms with Gasteiger partial charge in [0.25, 0.3) is 0 Å². The maximum absolute atomic E-state index is 13.9. The van der Waals surface area contributed by atoms with E-state index in [0.29, 0.717) is 12.8 Å². The lowest BCUT2D eigenvalue weighted by Gasteiger charge is -2.49. The fourth-order valence-electron chi connectivity index (χ4n) is 12.6. The molecule has 0 aromatic rings. The first-order valence-corrected chi connectivity index (χ1v) is 36.8. The minimum atomic E-state index is -5.76. The molecular formula is C63H109O42P. The Morgan fingerprint density at radius 3 is 1.07 bits per heavy atom. The van der Waals surface area contributed by atoms with Crippen LogP contribution >= 0.6 is 7.82 Å². The first kappa shape index (κ1) is 90.8. The van der Waals surface area contributed by atoms with Crippen LogP contribution in [0.4, 0.5) is 0 Å². The molecule has 6 heterocycles. The average molecular weight is 1570 g/mol. The monoisotopic (exact) mass is 1570 g/mol. The van der Waals surface area contributed by atoms with Crippen molar-refractivity contribution in [2.45, 2.75) is 311 Å². The molecule has 6 aliphatic heterocycles. The van der Waals surface area contributed by atoms with Gasteiger partial charge in [-0.2, -0.15) is 0 Å². The summed E-state index contributed by atoms with van der Waals surface area (Å²) in [6.45, 7) is -5.20. The predicted octanol–water partition coefficient (Wildman–Crippen LogP) is -11.0. The number of allylic oxidation sites excluding steroid dienone is 4. The van der Waals surface area contributed by atoms with Crippen molar-refractivity contribution in [3.63, 3.8) is 0 Å². The standard InChI is InChI=1S/C63H109O42P/c1-2-3-4-5-6-7-8-9-10-11-12-13-14-15-16-17-33(67)91-20-26(66)21-96-106(89,90)105-57-55(103-62-53(87)41(75)35(69)28(19-65)98-62)47(81)46(80)48(82)56(57)104-63-54(88)45(79)39(73)32(102-63)25-95-61-52(86)44(78)38(72)31(101-61)24-94-60-51(85)43(77)37(71)30(100-60)23-93-59-50(84)42(76)36(70)29(99-59)22-92-58-49(83)40(74)34(68)27(18-64)97-58/h6-7,9-10,26-32,34-66,68-88H,2-5,8,11-25H2,1H3,(H,89,90)/b7-6-,10-9-/t26-,27?,28?,29?,30?,31?,32?,34+,35-,36+,37+,38+,39+,40?,41?,42?,43?,44?,45?,46+,47?,48?,49+,50+,51+,52+,53-,54+,55-,56?,57+,58-,59-,60-,61-,62-,63+/m1/s1. The number of hydrogen-bond donors (Lipinski definition) is 25. The number of esters is 1. The Morgan fingerprint density at radius 1 is 0.377 bits per heavy atom. The number of carbonyl (C=O) groups is 1. The number of unbranched alkanes of at least 4 members (excludes halogenated alkanes) is 8. The number of ether oxygens (including phenoxy) is 13. The second-order valence-corrected chi connectivity index (χ2v) is 28.5. The van der Waals surface area contributed by atoms with Crippen molar-refractivity contribution in [2.24, 2.45) is 0 Å². The van der Waals surface area contributed by atoms with Crippen LogP contribution in [0.25, 0.3) is 0 Å². The first-order chi connectivity index (χ1) is 50.3. The van der Waals surface area contributed by atoms with Crippen LogP contribution in [0.15, 0.2) is 24.3 Å². The molecular weight excluding hydrogens is 1460 g/mol. The summed E-state index contributed by atoms with van der Waals surface area (Å²) in [6.07, 6.45) is -57.9. The highest BCUT2D eigenvalue weighted by Crippen LogP contribution is 2.49. The molecule has 6 saturated heterocycles. The van der Waals surface area contributed by atoms with E-state index >= 15 is 0 Å². The van der Waals surface area contributed by atoms with Gasteiger partial charge in [0.2, 0.25) is 0 Å². The van der Waals surface area contributed by atoms with Crippen LogP contribution in [0.1, 0.15) is 84.0 Å². The number of carbonyl (C=O) groups excluding carboxylic acids is 1. The van der Waals surface area contributed by atoms with Crippen molar-refractivity contribution < 1.29 is 207 Å². The lowest BCUT2D eigenvalue weighted by Crippen LogP contribution is -2.69.